The van der Waals surface area contributed by atoms with Crippen molar-refractivity contribution in [3.05, 3.63) is 29.6 Å². The lowest BCUT2D eigenvalue weighted by molar-refractivity contribution is -0.142. The number of carboxylic acid groups (broad SMARTS) is 1. The Morgan fingerprint density at radius 1 is 1.28 bits per heavy atom. The number of nitrogens with one attached hydrogen (secondary N) is 1. The summed E-state index contributed by atoms with van der Waals surface area (Å²) in [5.41, 5.74) is 3.13. The molecule has 1 aromatic heterocycles. The summed E-state index contributed by atoms with van der Waals surface area (Å²) in [6.07, 6.45) is 3.27. The number of carboxylic acids is 1. The predicted octanol–water partition coefficient (Wildman–Crippen LogP) is 3.15. The number of rotatable bonds is 5. The average Bonchev–Trinajstić information content (AvgIpc) is 3.05. The van der Waals surface area contributed by atoms with E-state index in [2.05, 4.69) is 40.8 Å². The molecule has 0 unspecified atom stereocenters. The minimum atomic E-state index is -0.666. The first-order valence-electron chi connectivity index (χ1n) is 8.84. The molecule has 1 aliphatic rings. The molecule has 0 radical (unpaired) electrons. The zero-order valence-corrected chi connectivity index (χ0v) is 14.9. The van der Waals surface area contributed by atoms with Crippen LogP contribution in [0.25, 0.3) is 5.69 Å². The fraction of sp³-hybridized carbons (Fsp3) is 0.556. The number of aliphatic carboxylic acids is 1. The molecule has 0 spiro atoms. The molecule has 134 valence electrons. The first-order valence-corrected chi connectivity index (χ1v) is 8.84. The molecule has 0 bridgehead atoms. The van der Waals surface area contributed by atoms with Crippen LogP contribution in [0.1, 0.15) is 56.8 Å². The quantitative estimate of drug-likeness (QED) is 0.866. The molecular formula is C18H25N5O2. The first-order chi connectivity index (χ1) is 12.0. The molecule has 2 N–H and O–H groups in total. The maximum atomic E-state index is 11.1. The average molecular weight is 343 g/mol. The predicted molar refractivity (Wildman–Crippen MR) is 95.0 cm³/mol. The number of hydrogen-bond donors (Lipinski definition) is 2. The molecule has 0 amide bonds. The summed E-state index contributed by atoms with van der Waals surface area (Å²) >= 11 is 0. The van der Waals surface area contributed by atoms with Gasteiger partial charge in [-0.2, -0.15) is 4.68 Å². The van der Waals surface area contributed by atoms with Gasteiger partial charge in [0.15, 0.2) is 5.82 Å². The molecule has 0 atom stereocenters. The summed E-state index contributed by atoms with van der Waals surface area (Å²) in [5, 5.41) is 24.7. The van der Waals surface area contributed by atoms with Crippen LogP contribution in [-0.2, 0) is 4.79 Å². The largest absolute Gasteiger partial charge is 0.481 e. The number of aryl methyl sites for hydroxylation is 1. The third kappa shape index (κ3) is 3.81. The Hall–Kier alpha value is -2.44. The van der Waals surface area contributed by atoms with Crippen LogP contribution < -0.4 is 5.32 Å². The molecular weight excluding hydrogens is 318 g/mol. The van der Waals surface area contributed by atoms with Crippen molar-refractivity contribution in [1.29, 1.82) is 0 Å². The molecule has 0 saturated heterocycles. The Labute approximate surface area is 147 Å². The van der Waals surface area contributed by atoms with E-state index in [1.165, 1.54) is 0 Å². The molecule has 3 rings (SSSR count). The highest BCUT2D eigenvalue weighted by molar-refractivity contribution is 5.70. The van der Waals surface area contributed by atoms with Crippen molar-refractivity contribution < 1.29 is 9.90 Å². The number of hydrogen-bond acceptors (Lipinski definition) is 5. The lowest BCUT2D eigenvalue weighted by Gasteiger charge is -2.27. The van der Waals surface area contributed by atoms with Crippen LogP contribution in [0.4, 0.5) is 5.69 Å². The van der Waals surface area contributed by atoms with E-state index in [9.17, 15) is 4.79 Å². The van der Waals surface area contributed by atoms with Gasteiger partial charge in [-0.25, -0.2) is 0 Å². The van der Waals surface area contributed by atoms with E-state index in [1.54, 1.807) is 4.68 Å². The van der Waals surface area contributed by atoms with E-state index < -0.39 is 5.97 Å². The summed E-state index contributed by atoms with van der Waals surface area (Å²) in [6.45, 7) is 6.19. The van der Waals surface area contributed by atoms with Gasteiger partial charge in [0.1, 0.15) is 0 Å². The van der Waals surface area contributed by atoms with Gasteiger partial charge in [-0.3, -0.25) is 4.79 Å². The molecule has 1 heterocycles. The first kappa shape index (κ1) is 17.4. The van der Waals surface area contributed by atoms with Crippen molar-refractivity contribution in [1.82, 2.24) is 20.2 Å². The van der Waals surface area contributed by atoms with Gasteiger partial charge in [0.25, 0.3) is 0 Å². The van der Waals surface area contributed by atoms with Crippen molar-refractivity contribution in [2.45, 2.75) is 58.4 Å². The minimum absolute atomic E-state index is 0.184. The second-order valence-corrected chi connectivity index (χ2v) is 7.14. The van der Waals surface area contributed by atoms with Crippen LogP contribution in [-0.4, -0.2) is 37.3 Å². The topological polar surface area (TPSA) is 92.9 Å². The number of benzene rings is 1. The Kier molecular flexibility index (Phi) is 5.01. The highest BCUT2D eigenvalue weighted by Gasteiger charge is 2.25. The van der Waals surface area contributed by atoms with Crippen molar-refractivity contribution >= 4 is 11.7 Å². The lowest BCUT2D eigenvalue weighted by atomic mass is 9.86. The van der Waals surface area contributed by atoms with E-state index in [4.69, 9.17) is 5.11 Å². The van der Waals surface area contributed by atoms with Gasteiger partial charge < -0.3 is 10.4 Å². The fourth-order valence-electron chi connectivity index (χ4n) is 3.43. The van der Waals surface area contributed by atoms with Gasteiger partial charge in [0.05, 0.1) is 11.6 Å². The highest BCUT2D eigenvalue weighted by Crippen LogP contribution is 2.28. The van der Waals surface area contributed by atoms with Crippen LogP contribution in [0, 0.1) is 12.8 Å². The highest BCUT2D eigenvalue weighted by atomic mass is 16.4. The second-order valence-electron chi connectivity index (χ2n) is 7.14. The van der Waals surface area contributed by atoms with E-state index in [0.717, 1.165) is 48.4 Å². The third-order valence-electron chi connectivity index (χ3n) is 4.88. The van der Waals surface area contributed by atoms with Crippen molar-refractivity contribution in [2.75, 3.05) is 5.32 Å². The van der Waals surface area contributed by atoms with Crippen molar-refractivity contribution in [3.63, 3.8) is 0 Å². The monoisotopic (exact) mass is 343 g/mol. The summed E-state index contributed by atoms with van der Waals surface area (Å²) in [5.74, 6) is 0.241. The molecule has 1 aromatic carbocycles. The van der Waals surface area contributed by atoms with Crippen LogP contribution in [0.5, 0.6) is 0 Å². The van der Waals surface area contributed by atoms with Gasteiger partial charge >= 0.3 is 5.97 Å². The third-order valence-corrected chi connectivity index (χ3v) is 4.88. The van der Waals surface area contributed by atoms with E-state index in [0.29, 0.717) is 6.04 Å². The standard InChI is InChI=1S/C18H25N5O2/c1-11(2)17-20-21-22-23(17)16-9-8-15(10-12(16)3)19-14-6-4-13(5-7-14)18(24)25/h8-11,13-14,19H,4-7H2,1-3H3,(H,24,25). The molecule has 7 heteroatoms. The summed E-state index contributed by atoms with van der Waals surface area (Å²) in [4.78, 5) is 11.1. The van der Waals surface area contributed by atoms with Gasteiger partial charge in [0.2, 0.25) is 0 Å². The van der Waals surface area contributed by atoms with Crippen LogP contribution in [0.15, 0.2) is 18.2 Å². The van der Waals surface area contributed by atoms with Crippen LogP contribution in [0.3, 0.4) is 0 Å². The number of aromatic nitrogens is 4. The summed E-state index contributed by atoms with van der Waals surface area (Å²) in [6, 6.07) is 6.50. The smallest absolute Gasteiger partial charge is 0.306 e. The van der Waals surface area contributed by atoms with Gasteiger partial charge in [-0.05, 0) is 66.8 Å². The Morgan fingerprint density at radius 2 is 2.00 bits per heavy atom. The molecule has 1 aliphatic carbocycles. The van der Waals surface area contributed by atoms with Crippen LogP contribution in [0.2, 0.25) is 0 Å². The Balaban J connectivity index is 1.70. The molecule has 7 nitrogen and oxygen atoms in total. The van der Waals surface area contributed by atoms with E-state index in [-0.39, 0.29) is 11.8 Å². The Morgan fingerprint density at radius 3 is 2.60 bits per heavy atom. The van der Waals surface area contributed by atoms with Gasteiger partial charge in [0, 0.05) is 17.6 Å². The Bertz CT molecular complexity index is 748. The van der Waals surface area contributed by atoms with Crippen molar-refractivity contribution in [2.24, 2.45) is 5.92 Å². The second kappa shape index (κ2) is 7.21. The van der Waals surface area contributed by atoms with Crippen LogP contribution >= 0.6 is 0 Å². The number of tetrazole rings is 1. The lowest BCUT2D eigenvalue weighted by Crippen LogP contribution is -2.29. The zero-order valence-electron chi connectivity index (χ0n) is 14.9. The molecule has 1 saturated carbocycles. The molecule has 0 aliphatic heterocycles. The van der Waals surface area contributed by atoms with Gasteiger partial charge in [-0.1, -0.05) is 13.8 Å². The molecule has 25 heavy (non-hydrogen) atoms. The number of anilines is 1. The van der Waals surface area contributed by atoms with Crippen molar-refractivity contribution in [3.8, 4) is 5.69 Å². The zero-order chi connectivity index (χ0) is 18.0. The fourth-order valence-corrected chi connectivity index (χ4v) is 3.43. The minimum Gasteiger partial charge on any atom is -0.481 e. The molecule has 2 aromatic rings. The number of carbonyl (C=O) groups is 1. The maximum Gasteiger partial charge on any atom is 0.306 e. The molecule has 1 fully saturated rings. The maximum absolute atomic E-state index is 11.1. The van der Waals surface area contributed by atoms with Gasteiger partial charge in [-0.15, -0.1) is 5.10 Å². The normalized spacial score (nSPS) is 20.6. The SMILES string of the molecule is Cc1cc(NC2CCC(C(=O)O)CC2)ccc1-n1nnnc1C(C)C. The van der Waals surface area contributed by atoms with E-state index >= 15 is 0 Å². The number of nitrogens with zero attached hydrogens (tertiary/aromatic N) is 4. The summed E-state index contributed by atoms with van der Waals surface area (Å²) in [7, 11) is 0. The van der Waals surface area contributed by atoms with E-state index in [1.807, 2.05) is 19.1 Å². The summed E-state index contributed by atoms with van der Waals surface area (Å²) < 4.78 is 1.79.